The molecule has 0 amide bonds. The Kier molecular flexibility index (Phi) is 5.45. The van der Waals surface area contributed by atoms with Crippen LogP contribution in [0.25, 0.3) is 0 Å². The van der Waals surface area contributed by atoms with Gasteiger partial charge < -0.3 is 4.74 Å². The van der Waals surface area contributed by atoms with Gasteiger partial charge in [0.05, 0.1) is 11.6 Å². The number of hydrogen-bond donors (Lipinski definition) is 0. The molecule has 0 spiro atoms. The van der Waals surface area contributed by atoms with Crippen LogP contribution >= 0.6 is 11.6 Å². The Hall–Kier alpha value is -1.68. The van der Waals surface area contributed by atoms with E-state index in [1.807, 2.05) is 0 Å². The molecule has 0 atom stereocenters. The van der Waals surface area contributed by atoms with Crippen molar-refractivity contribution in [3.63, 3.8) is 0 Å². The highest BCUT2D eigenvalue weighted by atomic mass is 35.5. The SMILES string of the molecule is C=C(C)C(=O)OCCCC1=C(Cl)C(=O)C(C)=C(C)C1=O. The fourth-order valence-electron chi connectivity index (χ4n) is 1.73. The zero-order valence-electron chi connectivity index (χ0n) is 11.8. The van der Waals surface area contributed by atoms with E-state index in [9.17, 15) is 14.4 Å². The number of esters is 1. The summed E-state index contributed by atoms with van der Waals surface area (Å²) in [5, 5.41) is -0.0238. The highest BCUT2D eigenvalue weighted by Crippen LogP contribution is 2.29. The van der Waals surface area contributed by atoms with Crippen molar-refractivity contribution in [2.75, 3.05) is 6.61 Å². The second kappa shape index (κ2) is 6.66. The predicted molar refractivity (Wildman–Crippen MR) is 76.3 cm³/mol. The number of ketones is 2. The van der Waals surface area contributed by atoms with Gasteiger partial charge in [-0.2, -0.15) is 0 Å². The number of rotatable bonds is 5. The van der Waals surface area contributed by atoms with Gasteiger partial charge in [-0.1, -0.05) is 18.2 Å². The van der Waals surface area contributed by atoms with Crippen molar-refractivity contribution in [2.24, 2.45) is 0 Å². The lowest BCUT2D eigenvalue weighted by Gasteiger charge is -2.17. The van der Waals surface area contributed by atoms with Crippen molar-refractivity contribution in [3.05, 3.63) is 33.9 Å². The number of allylic oxidation sites excluding steroid dienone is 4. The van der Waals surface area contributed by atoms with Crippen molar-refractivity contribution in [1.29, 1.82) is 0 Å². The number of Topliss-reactive ketones (excluding diaryl/α,β-unsaturated/α-hetero) is 2. The lowest BCUT2D eigenvalue weighted by atomic mass is 9.89. The van der Waals surface area contributed by atoms with Crippen LogP contribution in [0.1, 0.15) is 33.6 Å². The average molecular weight is 297 g/mol. The fourth-order valence-corrected chi connectivity index (χ4v) is 2.05. The first-order valence-electron chi connectivity index (χ1n) is 6.25. The summed E-state index contributed by atoms with van der Waals surface area (Å²) in [5.74, 6) is -0.987. The van der Waals surface area contributed by atoms with Gasteiger partial charge in [0.25, 0.3) is 0 Å². The van der Waals surface area contributed by atoms with Crippen LogP contribution in [0.3, 0.4) is 0 Å². The molecule has 20 heavy (non-hydrogen) atoms. The van der Waals surface area contributed by atoms with E-state index in [2.05, 4.69) is 6.58 Å². The fraction of sp³-hybridized carbons (Fsp3) is 0.400. The Morgan fingerprint density at radius 3 is 2.30 bits per heavy atom. The summed E-state index contributed by atoms with van der Waals surface area (Å²) in [6.07, 6.45) is 0.730. The van der Waals surface area contributed by atoms with Crippen LogP contribution in [0.5, 0.6) is 0 Å². The predicted octanol–water partition coefficient (Wildman–Crippen LogP) is 2.87. The van der Waals surface area contributed by atoms with Crippen LogP contribution in [0, 0.1) is 0 Å². The van der Waals surface area contributed by atoms with Crippen LogP contribution in [0.15, 0.2) is 33.9 Å². The van der Waals surface area contributed by atoms with Crippen LogP contribution in [-0.2, 0) is 19.1 Å². The van der Waals surface area contributed by atoms with E-state index in [1.54, 1.807) is 20.8 Å². The van der Waals surface area contributed by atoms with Crippen molar-refractivity contribution in [2.45, 2.75) is 33.6 Å². The van der Waals surface area contributed by atoms with E-state index < -0.39 is 5.97 Å². The molecule has 0 fully saturated rings. The molecule has 1 aliphatic rings. The first-order valence-corrected chi connectivity index (χ1v) is 6.63. The first kappa shape index (κ1) is 16.4. The number of carbonyl (C=O) groups is 3. The molecule has 0 aromatic rings. The molecule has 0 unspecified atom stereocenters. The summed E-state index contributed by atoms with van der Waals surface area (Å²) in [5.41, 5.74) is 1.43. The zero-order chi connectivity index (χ0) is 15.4. The van der Waals surface area contributed by atoms with Gasteiger partial charge in [0.1, 0.15) is 0 Å². The number of carbonyl (C=O) groups excluding carboxylic acids is 3. The van der Waals surface area contributed by atoms with Crippen molar-refractivity contribution in [1.82, 2.24) is 0 Å². The molecule has 0 heterocycles. The van der Waals surface area contributed by atoms with Gasteiger partial charge in [0.2, 0.25) is 5.78 Å². The number of halogens is 1. The standard InChI is InChI=1S/C15H17ClO4/c1-8(2)15(19)20-7-5-6-11-12(16)14(18)10(4)9(3)13(11)17/h1,5-7H2,2-4H3. The molecular formula is C15H17ClO4. The Morgan fingerprint density at radius 2 is 1.75 bits per heavy atom. The van der Waals surface area contributed by atoms with E-state index in [4.69, 9.17) is 16.3 Å². The van der Waals surface area contributed by atoms with Gasteiger partial charge in [0.15, 0.2) is 5.78 Å². The minimum atomic E-state index is -0.469. The Labute approximate surface area is 123 Å². The number of ether oxygens (including phenoxy) is 1. The lowest BCUT2D eigenvalue weighted by molar-refractivity contribution is -0.139. The van der Waals surface area contributed by atoms with Gasteiger partial charge >= 0.3 is 5.97 Å². The summed E-state index contributed by atoms with van der Waals surface area (Å²) >= 11 is 5.93. The maximum atomic E-state index is 12.1. The molecule has 108 valence electrons. The molecule has 0 aromatic carbocycles. The van der Waals surface area contributed by atoms with Gasteiger partial charge in [0, 0.05) is 22.3 Å². The quantitative estimate of drug-likeness (QED) is 0.339. The molecule has 1 aliphatic carbocycles. The highest BCUT2D eigenvalue weighted by Gasteiger charge is 2.28. The number of hydrogen-bond acceptors (Lipinski definition) is 4. The molecule has 0 aliphatic heterocycles. The van der Waals surface area contributed by atoms with E-state index in [-0.39, 0.29) is 23.2 Å². The molecule has 0 radical (unpaired) electrons. The van der Waals surface area contributed by atoms with Crippen LogP contribution in [-0.4, -0.2) is 24.1 Å². The highest BCUT2D eigenvalue weighted by molar-refractivity contribution is 6.49. The van der Waals surface area contributed by atoms with E-state index in [0.717, 1.165) is 0 Å². The topological polar surface area (TPSA) is 60.4 Å². The summed E-state index contributed by atoms with van der Waals surface area (Å²) in [4.78, 5) is 35.1. The minimum absolute atomic E-state index is 0.0238. The largest absolute Gasteiger partial charge is 0.462 e. The second-order valence-corrected chi connectivity index (χ2v) is 5.10. The van der Waals surface area contributed by atoms with Crippen molar-refractivity contribution < 1.29 is 19.1 Å². The summed E-state index contributed by atoms with van der Waals surface area (Å²) < 4.78 is 4.93. The monoisotopic (exact) mass is 296 g/mol. The second-order valence-electron chi connectivity index (χ2n) is 4.72. The maximum Gasteiger partial charge on any atom is 0.333 e. The van der Waals surface area contributed by atoms with E-state index >= 15 is 0 Å². The van der Waals surface area contributed by atoms with E-state index in [1.165, 1.54) is 0 Å². The Bertz CT molecular complexity index is 552. The molecule has 0 saturated carbocycles. The van der Waals surface area contributed by atoms with Gasteiger partial charge in [-0.15, -0.1) is 0 Å². The Morgan fingerprint density at radius 1 is 1.20 bits per heavy atom. The molecule has 0 N–H and O–H groups in total. The third-order valence-corrected chi connectivity index (χ3v) is 3.53. The molecule has 0 aromatic heterocycles. The zero-order valence-corrected chi connectivity index (χ0v) is 12.6. The third-order valence-electron chi connectivity index (χ3n) is 3.13. The molecule has 5 heteroatoms. The van der Waals surface area contributed by atoms with Gasteiger partial charge in [-0.25, -0.2) is 4.79 Å². The normalized spacial score (nSPS) is 15.8. The van der Waals surface area contributed by atoms with Crippen LogP contribution in [0.4, 0.5) is 0 Å². The first-order chi connectivity index (χ1) is 9.27. The summed E-state index contributed by atoms with van der Waals surface area (Å²) in [7, 11) is 0. The Balaban J connectivity index is 2.64. The van der Waals surface area contributed by atoms with Gasteiger partial charge in [-0.05, 0) is 33.6 Å². The van der Waals surface area contributed by atoms with Crippen LogP contribution < -0.4 is 0 Å². The molecule has 0 bridgehead atoms. The van der Waals surface area contributed by atoms with E-state index in [0.29, 0.717) is 35.1 Å². The third kappa shape index (κ3) is 3.45. The molecule has 0 saturated heterocycles. The average Bonchev–Trinajstić information content (AvgIpc) is 2.41. The van der Waals surface area contributed by atoms with Crippen molar-refractivity contribution >= 4 is 29.1 Å². The van der Waals surface area contributed by atoms with Crippen LogP contribution in [0.2, 0.25) is 0 Å². The lowest BCUT2D eigenvalue weighted by Crippen LogP contribution is -2.20. The molecule has 4 nitrogen and oxygen atoms in total. The van der Waals surface area contributed by atoms with Gasteiger partial charge in [-0.3, -0.25) is 9.59 Å². The van der Waals surface area contributed by atoms with Crippen molar-refractivity contribution in [3.8, 4) is 0 Å². The summed E-state index contributed by atoms with van der Waals surface area (Å²) in [6, 6.07) is 0. The smallest absolute Gasteiger partial charge is 0.333 e. The minimum Gasteiger partial charge on any atom is -0.462 e. The molecule has 1 rings (SSSR count). The maximum absolute atomic E-state index is 12.1. The molecular weight excluding hydrogens is 280 g/mol. The summed E-state index contributed by atoms with van der Waals surface area (Å²) in [6.45, 7) is 8.38.